The third-order valence-electron chi connectivity index (χ3n) is 3.81. The van der Waals surface area contributed by atoms with Crippen molar-refractivity contribution in [3.63, 3.8) is 0 Å². The first-order valence-electron chi connectivity index (χ1n) is 8.18. The van der Waals surface area contributed by atoms with E-state index in [4.69, 9.17) is 5.11 Å². The molecule has 1 unspecified atom stereocenters. The van der Waals surface area contributed by atoms with Crippen LogP contribution >= 0.6 is 0 Å². The summed E-state index contributed by atoms with van der Waals surface area (Å²) in [7, 11) is 0. The lowest BCUT2D eigenvalue weighted by Crippen LogP contribution is -2.36. The SMILES string of the molecule is C=CCCCCCCCC(CC(=O)O)C(=O)N(CC)CC. The standard InChI is InChI=1S/C17H31NO3/c1-4-7-8-9-10-11-12-13-15(14-16(19)20)17(21)18(5-2)6-3/h4,15H,1,5-14H2,2-3H3,(H,19,20). The van der Waals surface area contributed by atoms with Gasteiger partial charge in [-0.25, -0.2) is 0 Å². The van der Waals surface area contributed by atoms with Crippen LogP contribution in [0.2, 0.25) is 0 Å². The van der Waals surface area contributed by atoms with Crippen molar-refractivity contribution in [3.05, 3.63) is 12.7 Å². The second-order valence-electron chi connectivity index (χ2n) is 5.44. The van der Waals surface area contributed by atoms with E-state index in [0.29, 0.717) is 19.5 Å². The van der Waals surface area contributed by atoms with E-state index >= 15 is 0 Å². The van der Waals surface area contributed by atoms with Gasteiger partial charge in [0, 0.05) is 19.0 Å². The fourth-order valence-corrected chi connectivity index (χ4v) is 2.53. The summed E-state index contributed by atoms with van der Waals surface area (Å²) >= 11 is 0. The van der Waals surface area contributed by atoms with Crippen molar-refractivity contribution in [3.8, 4) is 0 Å². The number of rotatable bonds is 13. The summed E-state index contributed by atoms with van der Waals surface area (Å²) in [5.74, 6) is -1.25. The fraction of sp³-hybridized carbons (Fsp3) is 0.765. The van der Waals surface area contributed by atoms with E-state index < -0.39 is 5.97 Å². The summed E-state index contributed by atoms with van der Waals surface area (Å²) in [6.45, 7) is 8.85. The van der Waals surface area contributed by atoms with Gasteiger partial charge in [-0.15, -0.1) is 6.58 Å². The molecule has 1 atom stereocenters. The van der Waals surface area contributed by atoms with E-state index in [1.54, 1.807) is 4.90 Å². The minimum absolute atomic E-state index is 0.00550. The largest absolute Gasteiger partial charge is 0.481 e. The Morgan fingerprint density at radius 1 is 1.10 bits per heavy atom. The summed E-state index contributed by atoms with van der Waals surface area (Å²) in [5.41, 5.74) is 0. The number of aliphatic carboxylic acids is 1. The van der Waals surface area contributed by atoms with Crippen molar-refractivity contribution in [2.45, 2.75) is 65.2 Å². The fourth-order valence-electron chi connectivity index (χ4n) is 2.53. The zero-order valence-electron chi connectivity index (χ0n) is 13.6. The molecule has 0 rings (SSSR count). The van der Waals surface area contributed by atoms with E-state index in [-0.39, 0.29) is 18.2 Å². The van der Waals surface area contributed by atoms with Crippen LogP contribution in [0.4, 0.5) is 0 Å². The van der Waals surface area contributed by atoms with Crippen molar-refractivity contribution in [2.24, 2.45) is 5.92 Å². The first kappa shape index (κ1) is 19.7. The molecule has 21 heavy (non-hydrogen) atoms. The predicted octanol–water partition coefficient (Wildman–Crippen LogP) is 3.86. The summed E-state index contributed by atoms with van der Waals surface area (Å²) in [4.78, 5) is 25.0. The Morgan fingerprint density at radius 3 is 2.19 bits per heavy atom. The van der Waals surface area contributed by atoms with E-state index in [1.807, 2.05) is 19.9 Å². The number of carboxylic acids is 1. The van der Waals surface area contributed by atoms with Crippen molar-refractivity contribution in [1.29, 1.82) is 0 Å². The quantitative estimate of drug-likeness (QED) is 0.415. The lowest BCUT2D eigenvalue weighted by molar-refractivity contribution is -0.144. The van der Waals surface area contributed by atoms with Crippen LogP contribution in [0.5, 0.6) is 0 Å². The van der Waals surface area contributed by atoms with Gasteiger partial charge >= 0.3 is 5.97 Å². The molecule has 0 radical (unpaired) electrons. The molecule has 0 aromatic heterocycles. The van der Waals surface area contributed by atoms with Crippen LogP contribution in [0.1, 0.15) is 65.2 Å². The normalized spacial score (nSPS) is 11.9. The Morgan fingerprint density at radius 2 is 1.67 bits per heavy atom. The molecule has 0 aromatic carbocycles. The van der Waals surface area contributed by atoms with Crippen LogP contribution in [0, 0.1) is 5.92 Å². The number of hydrogen-bond acceptors (Lipinski definition) is 2. The highest BCUT2D eigenvalue weighted by atomic mass is 16.4. The van der Waals surface area contributed by atoms with Gasteiger partial charge in [0.05, 0.1) is 6.42 Å². The third-order valence-corrected chi connectivity index (χ3v) is 3.81. The highest BCUT2D eigenvalue weighted by Crippen LogP contribution is 2.18. The van der Waals surface area contributed by atoms with E-state index in [1.165, 1.54) is 12.8 Å². The number of unbranched alkanes of at least 4 members (excludes halogenated alkanes) is 5. The summed E-state index contributed by atoms with van der Waals surface area (Å²) in [5, 5.41) is 8.98. The molecule has 0 heterocycles. The molecule has 0 aromatic rings. The molecule has 1 N–H and O–H groups in total. The van der Waals surface area contributed by atoms with Gasteiger partial charge in [-0.2, -0.15) is 0 Å². The highest BCUT2D eigenvalue weighted by molar-refractivity contribution is 5.83. The van der Waals surface area contributed by atoms with Crippen LogP contribution in [0.3, 0.4) is 0 Å². The Kier molecular flexibility index (Phi) is 11.6. The Hall–Kier alpha value is -1.32. The topological polar surface area (TPSA) is 57.6 Å². The Bertz CT molecular complexity index is 311. The molecular weight excluding hydrogens is 266 g/mol. The van der Waals surface area contributed by atoms with E-state index in [9.17, 15) is 9.59 Å². The number of allylic oxidation sites excluding steroid dienone is 1. The van der Waals surface area contributed by atoms with Gasteiger partial charge in [0.2, 0.25) is 5.91 Å². The third kappa shape index (κ3) is 9.27. The van der Waals surface area contributed by atoms with Crippen LogP contribution < -0.4 is 0 Å². The highest BCUT2D eigenvalue weighted by Gasteiger charge is 2.24. The first-order chi connectivity index (χ1) is 10.1. The number of amides is 1. The van der Waals surface area contributed by atoms with Crippen molar-refractivity contribution in [1.82, 2.24) is 4.90 Å². The minimum Gasteiger partial charge on any atom is -0.481 e. The first-order valence-corrected chi connectivity index (χ1v) is 8.18. The molecule has 0 saturated heterocycles. The lowest BCUT2D eigenvalue weighted by atomic mass is 9.95. The predicted molar refractivity (Wildman–Crippen MR) is 86.2 cm³/mol. The molecule has 0 saturated carbocycles. The number of hydrogen-bond donors (Lipinski definition) is 1. The van der Waals surface area contributed by atoms with Crippen molar-refractivity contribution < 1.29 is 14.7 Å². The summed E-state index contributed by atoms with van der Waals surface area (Å²) < 4.78 is 0. The lowest BCUT2D eigenvalue weighted by Gasteiger charge is -2.24. The van der Waals surface area contributed by atoms with Gasteiger partial charge in [-0.1, -0.05) is 31.8 Å². The molecule has 0 bridgehead atoms. The molecule has 0 aliphatic carbocycles. The second kappa shape index (κ2) is 12.4. The summed E-state index contributed by atoms with van der Waals surface area (Å²) in [6, 6.07) is 0. The molecule has 4 heteroatoms. The van der Waals surface area contributed by atoms with E-state index in [0.717, 1.165) is 25.7 Å². The minimum atomic E-state index is -0.883. The maximum Gasteiger partial charge on any atom is 0.304 e. The Balaban J connectivity index is 4.15. The van der Waals surface area contributed by atoms with E-state index in [2.05, 4.69) is 6.58 Å². The number of nitrogens with zero attached hydrogens (tertiary/aromatic N) is 1. The Labute approximate surface area is 129 Å². The van der Waals surface area contributed by atoms with Crippen LogP contribution in [-0.2, 0) is 9.59 Å². The van der Waals surface area contributed by atoms with Gasteiger partial charge in [-0.05, 0) is 33.1 Å². The molecule has 0 aliphatic heterocycles. The van der Waals surface area contributed by atoms with Crippen LogP contribution in [-0.4, -0.2) is 35.0 Å². The smallest absolute Gasteiger partial charge is 0.304 e. The number of carbonyl (C=O) groups is 2. The van der Waals surface area contributed by atoms with Crippen LogP contribution in [0.15, 0.2) is 12.7 Å². The molecule has 1 amide bonds. The number of carboxylic acid groups (broad SMARTS) is 1. The maximum atomic E-state index is 12.3. The van der Waals surface area contributed by atoms with Gasteiger partial charge in [-0.3, -0.25) is 9.59 Å². The average molecular weight is 297 g/mol. The maximum absolute atomic E-state index is 12.3. The summed E-state index contributed by atoms with van der Waals surface area (Å²) in [6.07, 6.45) is 9.12. The number of carbonyl (C=O) groups excluding carboxylic acids is 1. The zero-order chi connectivity index (χ0) is 16.1. The van der Waals surface area contributed by atoms with Crippen LogP contribution in [0.25, 0.3) is 0 Å². The van der Waals surface area contributed by atoms with Crippen molar-refractivity contribution in [2.75, 3.05) is 13.1 Å². The van der Waals surface area contributed by atoms with Gasteiger partial charge < -0.3 is 10.0 Å². The van der Waals surface area contributed by atoms with Gasteiger partial charge in [0.15, 0.2) is 0 Å². The molecule has 4 nitrogen and oxygen atoms in total. The molecule has 0 spiro atoms. The molecule has 0 aliphatic rings. The molecular formula is C17H31NO3. The average Bonchev–Trinajstić information content (AvgIpc) is 2.45. The molecule has 122 valence electrons. The zero-order valence-corrected chi connectivity index (χ0v) is 13.6. The molecule has 0 fully saturated rings. The van der Waals surface area contributed by atoms with Gasteiger partial charge in [0.1, 0.15) is 0 Å². The second-order valence-corrected chi connectivity index (χ2v) is 5.44. The monoisotopic (exact) mass is 297 g/mol. The van der Waals surface area contributed by atoms with Gasteiger partial charge in [0.25, 0.3) is 0 Å². The van der Waals surface area contributed by atoms with Crippen molar-refractivity contribution >= 4 is 11.9 Å².